The summed E-state index contributed by atoms with van der Waals surface area (Å²) in [5.41, 5.74) is 8.60. The Kier molecular flexibility index (Phi) is 5.29. The number of likely N-dealkylation sites (N-methyl/N-ethyl adjacent to an activating group) is 1. The van der Waals surface area contributed by atoms with E-state index in [0.29, 0.717) is 17.9 Å². The van der Waals surface area contributed by atoms with Gasteiger partial charge in [-0.3, -0.25) is 9.69 Å². The molecule has 3 aliphatic rings. The van der Waals surface area contributed by atoms with Crippen molar-refractivity contribution < 1.29 is 9.18 Å². The van der Waals surface area contributed by atoms with Gasteiger partial charge in [0.1, 0.15) is 5.82 Å². The number of aliphatic imine (C=N–C) groups is 1. The number of guanidine groups is 1. The molecule has 2 heterocycles. The summed E-state index contributed by atoms with van der Waals surface area (Å²) in [4.78, 5) is 20.6. The van der Waals surface area contributed by atoms with Crippen LogP contribution in [0.15, 0.2) is 53.5 Å². The summed E-state index contributed by atoms with van der Waals surface area (Å²) in [6, 6.07) is 14.7. The van der Waals surface area contributed by atoms with Crippen LogP contribution in [0.25, 0.3) is 4.91 Å². The first-order valence-corrected chi connectivity index (χ1v) is 12.0. The third-order valence-electron chi connectivity index (χ3n) is 6.93. The minimum absolute atomic E-state index is 0.0642. The molecule has 1 aliphatic carbocycles. The van der Waals surface area contributed by atoms with Crippen LogP contribution in [0.4, 0.5) is 4.39 Å². The summed E-state index contributed by atoms with van der Waals surface area (Å²) >= 11 is 1.57. The first-order valence-electron chi connectivity index (χ1n) is 11.1. The van der Waals surface area contributed by atoms with Gasteiger partial charge in [0.2, 0.25) is 5.91 Å². The molecule has 2 aromatic rings. The number of amides is 1. The fraction of sp³-hybridized carbons (Fsp3) is 0.346. The molecule has 2 N–H and O–H groups in total. The van der Waals surface area contributed by atoms with Gasteiger partial charge in [0.15, 0.2) is 5.96 Å². The fourth-order valence-electron chi connectivity index (χ4n) is 4.86. The van der Waals surface area contributed by atoms with Crippen molar-refractivity contribution >= 4 is 28.5 Å². The van der Waals surface area contributed by atoms with Crippen LogP contribution < -0.4 is 5.73 Å². The average Bonchev–Trinajstić information content (AvgIpc) is 3.52. The second kappa shape index (κ2) is 8.03. The zero-order valence-corrected chi connectivity index (χ0v) is 19.4. The van der Waals surface area contributed by atoms with E-state index in [9.17, 15) is 14.4 Å². The van der Waals surface area contributed by atoms with Crippen LogP contribution in [-0.2, 0) is 4.79 Å². The van der Waals surface area contributed by atoms with Gasteiger partial charge < -0.3 is 5.73 Å². The van der Waals surface area contributed by atoms with Crippen LogP contribution in [0.3, 0.4) is 0 Å². The first kappa shape index (κ1) is 21.7. The highest BCUT2D eigenvalue weighted by molar-refractivity contribution is 8.09. The van der Waals surface area contributed by atoms with Crippen molar-refractivity contribution in [2.24, 2.45) is 10.7 Å². The summed E-state index contributed by atoms with van der Waals surface area (Å²) in [5.74, 6) is -0.137. The molecule has 5 rings (SSSR count). The molecular weight excluding hydrogens is 435 g/mol. The molecule has 33 heavy (non-hydrogen) atoms. The number of halogens is 1. The zero-order valence-electron chi connectivity index (χ0n) is 18.6. The third-order valence-corrected chi connectivity index (χ3v) is 8.54. The van der Waals surface area contributed by atoms with Gasteiger partial charge >= 0.3 is 0 Å². The molecule has 7 heteroatoms. The van der Waals surface area contributed by atoms with Gasteiger partial charge in [-0.1, -0.05) is 30.3 Å². The molecule has 0 aromatic heterocycles. The number of carbonyl (C=O) groups is 1. The highest BCUT2D eigenvalue weighted by Crippen LogP contribution is 2.51. The molecule has 0 radical (unpaired) electrons. The molecule has 1 saturated carbocycles. The maximum absolute atomic E-state index is 14.0. The predicted octanol–water partition coefficient (Wildman–Crippen LogP) is 4.75. The molecule has 2 aromatic carbocycles. The van der Waals surface area contributed by atoms with Gasteiger partial charge in [0.05, 0.1) is 23.1 Å². The molecule has 0 bridgehead atoms. The van der Waals surface area contributed by atoms with Crippen LogP contribution in [-0.4, -0.2) is 34.6 Å². The number of carbonyl (C=O) groups excluding carboxylic acids is 1. The van der Waals surface area contributed by atoms with E-state index in [2.05, 4.69) is 24.3 Å². The second-order valence-electron chi connectivity index (χ2n) is 9.22. The average molecular weight is 461 g/mol. The largest absolute Gasteiger partial charge is 0.369 e. The van der Waals surface area contributed by atoms with Crippen LogP contribution in [0.1, 0.15) is 60.3 Å². The topological polar surface area (TPSA) is 82.5 Å². The van der Waals surface area contributed by atoms with Crippen molar-refractivity contribution in [2.75, 3.05) is 7.05 Å². The lowest BCUT2D eigenvalue weighted by Crippen LogP contribution is -2.57. The molecule has 1 unspecified atom stereocenters. The Labute approximate surface area is 197 Å². The number of hydrogen-bond acceptors (Lipinski definition) is 5. The Morgan fingerprint density at radius 2 is 1.91 bits per heavy atom. The van der Waals surface area contributed by atoms with E-state index in [4.69, 9.17) is 10.7 Å². The number of allylic oxidation sites excluding steroid dienone is 1. The lowest BCUT2D eigenvalue weighted by Gasteiger charge is -2.43. The third kappa shape index (κ3) is 3.83. The van der Waals surface area contributed by atoms with E-state index >= 15 is 0 Å². The highest BCUT2D eigenvalue weighted by atomic mass is 32.2. The second-order valence-corrected chi connectivity index (χ2v) is 10.5. The standard InChI is InChI=1S/C26H25FN4OS/c1-26(22-10-9-21(33-22)19-11-15(14-28)12-20(27)13-19)23(24(32)31(2)25(29)30-26)18-7-5-17(6-8-18)16-3-4-16/h5-9,11-13,16,22-23H,3-4,10H2,1-2H3,(H2,29,30)/t22?,23-,26+/m0/s1. The molecule has 0 spiro atoms. The molecule has 1 fully saturated rings. The minimum Gasteiger partial charge on any atom is -0.369 e. The molecule has 0 saturated heterocycles. The Morgan fingerprint density at radius 3 is 2.58 bits per heavy atom. The summed E-state index contributed by atoms with van der Waals surface area (Å²) in [5, 5.41) is 9.15. The van der Waals surface area contributed by atoms with Crippen LogP contribution in [0.5, 0.6) is 0 Å². The van der Waals surface area contributed by atoms with E-state index in [1.807, 2.05) is 19.1 Å². The molecule has 1 amide bonds. The van der Waals surface area contributed by atoms with Gasteiger partial charge in [0, 0.05) is 17.2 Å². The summed E-state index contributed by atoms with van der Waals surface area (Å²) in [7, 11) is 1.66. The quantitative estimate of drug-likeness (QED) is 0.714. The molecule has 3 atom stereocenters. The monoisotopic (exact) mass is 460 g/mol. The number of thioether (sulfide) groups is 1. The lowest BCUT2D eigenvalue weighted by atomic mass is 9.75. The van der Waals surface area contributed by atoms with Crippen molar-refractivity contribution in [1.82, 2.24) is 4.90 Å². The Hall–Kier alpha value is -3.11. The van der Waals surface area contributed by atoms with E-state index in [1.54, 1.807) is 24.9 Å². The number of nitrogens with zero attached hydrogens (tertiary/aromatic N) is 3. The summed E-state index contributed by atoms with van der Waals surface area (Å²) in [6.07, 6.45) is 5.16. The smallest absolute Gasteiger partial charge is 0.239 e. The lowest BCUT2D eigenvalue weighted by molar-refractivity contribution is -0.130. The number of nitriles is 1. The fourth-order valence-corrected chi connectivity index (χ4v) is 6.23. The maximum atomic E-state index is 14.0. The van der Waals surface area contributed by atoms with Crippen molar-refractivity contribution in [3.63, 3.8) is 0 Å². The van der Waals surface area contributed by atoms with Crippen molar-refractivity contribution in [3.05, 3.63) is 76.6 Å². The summed E-state index contributed by atoms with van der Waals surface area (Å²) in [6.45, 7) is 1.99. The van der Waals surface area contributed by atoms with Crippen molar-refractivity contribution in [1.29, 1.82) is 5.26 Å². The molecule has 5 nitrogen and oxygen atoms in total. The van der Waals surface area contributed by atoms with Crippen molar-refractivity contribution in [2.45, 2.75) is 48.8 Å². The van der Waals surface area contributed by atoms with E-state index in [0.717, 1.165) is 10.5 Å². The molecular formula is C26H25FN4OS. The Balaban J connectivity index is 1.48. The highest BCUT2D eigenvalue weighted by Gasteiger charge is 2.51. The maximum Gasteiger partial charge on any atom is 0.239 e. The van der Waals surface area contributed by atoms with Crippen LogP contribution in [0.2, 0.25) is 0 Å². The van der Waals surface area contributed by atoms with Gasteiger partial charge in [-0.15, -0.1) is 11.8 Å². The normalized spacial score (nSPS) is 27.2. The number of nitrogens with two attached hydrogens (primary N) is 1. The van der Waals surface area contributed by atoms with Gasteiger partial charge in [-0.05, 0) is 67.0 Å². The first-order chi connectivity index (χ1) is 15.8. The van der Waals surface area contributed by atoms with Crippen molar-refractivity contribution in [3.8, 4) is 6.07 Å². The minimum atomic E-state index is -0.775. The number of benzene rings is 2. The Morgan fingerprint density at radius 1 is 1.21 bits per heavy atom. The van der Waals surface area contributed by atoms with Gasteiger partial charge in [-0.2, -0.15) is 5.26 Å². The molecule has 168 valence electrons. The van der Waals surface area contributed by atoms with Gasteiger partial charge in [0.25, 0.3) is 0 Å². The van der Waals surface area contributed by atoms with Crippen LogP contribution in [0, 0.1) is 17.1 Å². The summed E-state index contributed by atoms with van der Waals surface area (Å²) < 4.78 is 14.0. The molecule has 2 aliphatic heterocycles. The van der Waals surface area contributed by atoms with Crippen LogP contribution >= 0.6 is 11.8 Å². The predicted molar refractivity (Wildman–Crippen MR) is 129 cm³/mol. The zero-order chi connectivity index (χ0) is 23.3. The van der Waals surface area contributed by atoms with E-state index in [1.165, 1.54) is 35.4 Å². The van der Waals surface area contributed by atoms with Gasteiger partial charge in [-0.25, -0.2) is 9.38 Å². The number of hydrogen-bond donors (Lipinski definition) is 1. The van der Waals surface area contributed by atoms with E-state index < -0.39 is 17.3 Å². The SMILES string of the molecule is CN1C(=O)[C@H](c2ccc(C3CC3)cc2)[C@@](C)(C2CC=C(c3cc(F)cc(C#N)c3)S2)N=C1N. The number of rotatable bonds is 4. The van der Waals surface area contributed by atoms with E-state index in [-0.39, 0.29) is 22.7 Å². The Bertz CT molecular complexity index is 1230.